The van der Waals surface area contributed by atoms with E-state index in [0.29, 0.717) is 63.4 Å². The Morgan fingerprint density at radius 1 is 0.848 bits per heavy atom. The maximum absolute atomic E-state index is 14.7. The molecule has 0 aromatic rings. The fourth-order valence-electron chi connectivity index (χ4n) is 11.7. The fourth-order valence-corrected chi connectivity index (χ4v) is 12.7. The van der Waals surface area contributed by atoms with Crippen LogP contribution in [0.25, 0.3) is 0 Å². The topological polar surface area (TPSA) is 220 Å². The third kappa shape index (κ3) is 17.9. The van der Waals surface area contributed by atoms with Crippen LogP contribution in [0, 0.1) is 40.9 Å². The second-order valence-corrected chi connectivity index (χ2v) is 30.0. The number of cyclic esters (lactones) is 1. The van der Waals surface area contributed by atoms with Crippen molar-refractivity contribution in [3.05, 3.63) is 47.6 Å². The Morgan fingerprint density at radius 3 is 2.16 bits per heavy atom. The summed E-state index contributed by atoms with van der Waals surface area (Å²) in [4.78, 5) is 87.2. The Kier molecular flexibility index (Phi) is 23.8. The predicted molar refractivity (Wildman–Crippen MR) is 301 cm³/mol. The summed E-state index contributed by atoms with van der Waals surface area (Å²) in [6, 6.07) is -1.19. The van der Waals surface area contributed by atoms with E-state index in [2.05, 4.69) is 0 Å². The Balaban J connectivity index is 1.47. The third-order valence-corrected chi connectivity index (χ3v) is 17.8. The highest BCUT2D eigenvalue weighted by molar-refractivity contribution is 6.69. The first-order valence-corrected chi connectivity index (χ1v) is 32.5. The van der Waals surface area contributed by atoms with Gasteiger partial charge in [0.2, 0.25) is 5.79 Å². The molecule has 79 heavy (non-hydrogen) atoms. The largest absolute Gasteiger partial charge is 0.460 e. The van der Waals surface area contributed by atoms with E-state index in [4.69, 9.17) is 37.6 Å². The Hall–Kier alpha value is -3.72. The van der Waals surface area contributed by atoms with Crippen molar-refractivity contribution in [1.29, 1.82) is 0 Å². The highest BCUT2D eigenvalue weighted by Gasteiger charge is 2.53. The molecule has 0 unspecified atom stereocenters. The lowest BCUT2D eigenvalue weighted by Gasteiger charge is -2.42. The molecule has 4 aliphatic heterocycles. The molecule has 18 heteroatoms. The monoisotopic (exact) mass is 1130 g/mol. The van der Waals surface area contributed by atoms with Crippen LogP contribution in [0.15, 0.2) is 47.6 Å². The molecule has 0 radical (unpaired) electrons. The maximum Gasteiger partial charge on any atom is 0.329 e. The molecule has 4 fully saturated rings. The van der Waals surface area contributed by atoms with Gasteiger partial charge in [0.15, 0.2) is 19.9 Å². The second-order valence-electron chi connectivity index (χ2n) is 25.5. The van der Waals surface area contributed by atoms with E-state index >= 15 is 0 Å². The van der Waals surface area contributed by atoms with Crippen LogP contribution in [0.4, 0.5) is 0 Å². The van der Waals surface area contributed by atoms with E-state index in [1.165, 1.54) is 12.0 Å². The van der Waals surface area contributed by atoms with Crippen LogP contribution in [-0.2, 0) is 66.4 Å². The summed E-state index contributed by atoms with van der Waals surface area (Å²) >= 11 is 0. The lowest BCUT2D eigenvalue weighted by Crippen LogP contribution is -2.61. The number of allylic oxidation sites excluding steroid dienone is 6. The molecule has 1 aliphatic carbocycles. The number of ether oxygens (including phenoxy) is 7. The summed E-state index contributed by atoms with van der Waals surface area (Å²) in [7, 11) is 0.746. The first-order chi connectivity index (χ1) is 36.9. The molecule has 2 N–H and O–H groups in total. The van der Waals surface area contributed by atoms with Crippen LogP contribution in [0.5, 0.6) is 0 Å². The number of esters is 2. The Bertz CT molecular complexity index is 2240. The molecule has 0 aromatic heterocycles. The molecule has 1 amide bonds. The van der Waals surface area contributed by atoms with Crippen molar-refractivity contribution in [3.63, 3.8) is 0 Å². The van der Waals surface area contributed by atoms with Gasteiger partial charge in [-0.25, -0.2) is 4.79 Å². The third-order valence-electron chi connectivity index (χ3n) is 16.9. The number of ketones is 3. The van der Waals surface area contributed by atoms with Gasteiger partial charge < -0.3 is 52.7 Å². The summed E-state index contributed by atoms with van der Waals surface area (Å²) in [6.45, 7) is 24.7. The lowest BCUT2D eigenvalue weighted by molar-refractivity contribution is -0.283. The van der Waals surface area contributed by atoms with Gasteiger partial charge in [-0.1, -0.05) is 71.1 Å². The number of hydrogen-bond acceptors (Lipinski definition) is 16. The van der Waals surface area contributed by atoms with Crippen LogP contribution < -0.4 is 0 Å². The van der Waals surface area contributed by atoms with E-state index in [9.17, 15) is 39.0 Å². The smallest absolute Gasteiger partial charge is 0.329 e. The number of piperidine rings is 1. The minimum Gasteiger partial charge on any atom is -0.460 e. The summed E-state index contributed by atoms with van der Waals surface area (Å²) < 4.78 is 48.6. The Morgan fingerprint density at radius 2 is 1.53 bits per heavy atom. The molecular formula is C61H97NO16Si. The van der Waals surface area contributed by atoms with Crippen LogP contribution >= 0.6 is 0 Å². The number of aliphatic hydroxyl groups excluding tert-OH is 1. The van der Waals surface area contributed by atoms with E-state index in [1.807, 2.05) is 84.6 Å². The van der Waals surface area contributed by atoms with Crippen molar-refractivity contribution >= 4 is 43.5 Å². The zero-order chi connectivity index (χ0) is 58.8. The van der Waals surface area contributed by atoms with Crippen LogP contribution in [0.1, 0.15) is 146 Å². The van der Waals surface area contributed by atoms with Crippen molar-refractivity contribution in [2.45, 2.75) is 226 Å². The van der Waals surface area contributed by atoms with Gasteiger partial charge in [-0.15, -0.1) is 0 Å². The average Bonchev–Trinajstić information content (AvgIpc) is 3.39. The molecule has 0 spiro atoms. The van der Waals surface area contributed by atoms with Gasteiger partial charge in [0.05, 0.1) is 37.6 Å². The number of carbonyl (C=O) groups is 6. The SMILES string of the molecule is CO[C@H]1C[C@@H]2CC[C@@H](C)[C@@](O)(O2)C(=O)C(=O)N2CCCC[C@H]2C(=O)O[C@H]([C@H](C)C[C@@H]2CC[C@@H](OC(=O)C3(C)COC(C)(C)OC3)[C@H](O)C2)CC(=O)[C@H](C)/C=C(\C)[C@H](O[Si](C)(C)C)[C@@H](OC)C(=O)[C@H](C)C[C@H](C)/C=C/C=CC=C1C. The predicted octanol–water partition coefficient (Wildman–Crippen LogP) is 8.73. The molecule has 3 saturated heterocycles. The molecule has 17 nitrogen and oxygen atoms in total. The van der Waals surface area contributed by atoms with Gasteiger partial charge in [0.25, 0.3) is 11.7 Å². The maximum atomic E-state index is 14.7. The van der Waals surface area contributed by atoms with Gasteiger partial charge in [0, 0.05) is 51.4 Å². The number of aliphatic hydroxyl groups is 2. The molecular weight excluding hydrogens is 1030 g/mol. The van der Waals surface area contributed by atoms with Gasteiger partial charge in [-0.3, -0.25) is 24.0 Å². The summed E-state index contributed by atoms with van der Waals surface area (Å²) in [6.07, 6.45) is 10.4. The first kappa shape index (κ1) is 66.1. The van der Waals surface area contributed by atoms with Gasteiger partial charge in [-0.2, -0.15) is 0 Å². The van der Waals surface area contributed by atoms with Crippen molar-refractivity contribution in [2.24, 2.45) is 40.9 Å². The average molecular weight is 1130 g/mol. The highest BCUT2D eigenvalue weighted by atomic mass is 28.4. The summed E-state index contributed by atoms with van der Waals surface area (Å²) in [5, 5.41) is 23.5. The number of methoxy groups -OCH3 is 2. The standard InChI is InChI=1S/C61H97NO16Si/c1-37-21-17-16-18-22-38(2)50(71-11)33-45-26-24-43(7)61(70,77-45)55(66)56(67)62-28-20-19-23-46(62)57(68)75-51(34-47(63)39(3)30-42(6)53(78-79(13,14)15)54(72-12)52(65)41(5)29-37)40(4)31-44-25-27-49(48(64)32-44)76-58(69)60(10)35-73-59(8,9)74-36-60/h16-18,21-22,30,37,39-41,43-46,48-51,53-54,64,70H,19-20,23-29,31-36H2,1-15H3/b18-16?,21-17+,38-22?,42-30+/t37-,39-,40-,41-,43-,44+,45+,46+,48-,49-,50+,51+,53+,54+,61-/m1/s1. The number of fused-ring (bicyclic) bond motifs is 3. The van der Waals surface area contributed by atoms with Gasteiger partial charge in [0.1, 0.15) is 35.6 Å². The molecule has 2 bridgehead atoms. The number of hydrogen-bond donors (Lipinski definition) is 2. The number of rotatable bonds is 9. The number of carbonyl (C=O) groups excluding carboxylic acids is 6. The zero-order valence-electron chi connectivity index (χ0n) is 50.2. The molecule has 15 atom stereocenters. The minimum absolute atomic E-state index is 0.0309. The van der Waals surface area contributed by atoms with E-state index in [1.54, 1.807) is 47.8 Å². The highest BCUT2D eigenvalue weighted by Crippen LogP contribution is 2.39. The minimum atomic E-state index is -2.46. The number of nitrogens with zero attached hydrogens (tertiary/aromatic N) is 1. The van der Waals surface area contributed by atoms with Crippen molar-refractivity contribution < 1.29 is 76.6 Å². The van der Waals surface area contributed by atoms with Gasteiger partial charge >= 0.3 is 11.9 Å². The van der Waals surface area contributed by atoms with Crippen molar-refractivity contribution in [1.82, 2.24) is 4.90 Å². The normalized spacial score (nSPS) is 36.9. The Labute approximate surface area is 472 Å². The molecule has 0 aromatic carbocycles. The molecule has 5 rings (SSSR count). The second kappa shape index (κ2) is 28.5. The molecule has 4 heterocycles. The summed E-state index contributed by atoms with van der Waals surface area (Å²) in [5.41, 5.74) is 0.486. The van der Waals surface area contributed by atoms with E-state index in [0.717, 1.165) is 5.57 Å². The van der Waals surface area contributed by atoms with Crippen molar-refractivity contribution in [2.75, 3.05) is 34.0 Å². The first-order valence-electron chi connectivity index (χ1n) is 29.0. The lowest BCUT2D eigenvalue weighted by atomic mass is 9.78. The molecule has 5 aliphatic rings. The molecule has 1 saturated carbocycles. The summed E-state index contributed by atoms with van der Waals surface area (Å²) in [5.74, 6) is -9.53. The van der Waals surface area contributed by atoms with Crippen molar-refractivity contribution in [3.8, 4) is 0 Å². The number of amides is 1. The van der Waals surface area contributed by atoms with E-state index < -0.39 is 121 Å². The van der Waals surface area contributed by atoms with Crippen LogP contribution in [0.3, 0.4) is 0 Å². The van der Waals surface area contributed by atoms with E-state index in [-0.39, 0.29) is 62.4 Å². The fraction of sp³-hybridized carbons (Fsp3) is 0.770. The van der Waals surface area contributed by atoms with Gasteiger partial charge in [-0.05, 0) is 147 Å². The zero-order valence-corrected chi connectivity index (χ0v) is 51.2. The van der Waals surface area contributed by atoms with Crippen LogP contribution in [-0.4, -0.2) is 153 Å². The quantitative estimate of drug-likeness (QED) is 0.0954. The molecule has 446 valence electrons. The number of Topliss-reactive ketones (excluding diaryl/α,β-unsaturated/α-hetero) is 3. The van der Waals surface area contributed by atoms with Crippen LogP contribution in [0.2, 0.25) is 19.6 Å².